The van der Waals surface area contributed by atoms with E-state index >= 15 is 0 Å². The first-order valence-electron chi connectivity index (χ1n) is 9.93. The second-order valence-corrected chi connectivity index (χ2v) is 8.05. The van der Waals surface area contributed by atoms with Crippen molar-refractivity contribution in [1.82, 2.24) is 10.2 Å². The zero-order valence-corrected chi connectivity index (χ0v) is 15.5. The SMILES string of the molecule is CC1CCCN(Cc2ccc(CNC(=O)[C@@H]3CCC[C@@H]3CN)cc2)C1. The zero-order valence-electron chi connectivity index (χ0n) is 15.5. The molecule has 25 heavy (non-hydrogen) atoms. The first-order chi connectivity index (χ1) is 12.2. The summed E-state index contributed by atoms with van der Waals surface area (Å²) in [5, 5.41) is 3.11. The van der Waals surface area contributed by atoms with Crippen molar-refractivity contribution < 1.29 is 4.79 Å². The van der Waals surface area contributed by atoms with Gasteiger partial charge in [-0.05, 0) is 61.7 Å². The topological polar surface area (TPSA) is 58.4 Å². The van der Waals surface area contributed by atoms with Gasteiger partial charge in [0.15, 0.2) is 0 Å². The number of likely N-dealkylation sites (tertiary alicyclic amines) is 1. The molecule has 0 aromatic heterocycles. The number of amides is 1. The molecule has 1 saturated heterocycles. The quantitative estimate of drug-likeness (QED) is 0.835. The van der Waals surface area contributed by atoms with Crippen molar-refractivity contribution in [2.75, 3.05) is 19.6 Å². The number of nitrogens with two attached hydrogens (primary N) is 1. The van der Waals surface area contributed by atoms with Crippen LogP contribution in [-0.2, 0) is 17.9 Å². The van der Waals surface area contributed by atoms with Gasteiger partial charge < -0.3 is 11.1 Å². The Balaban J connectivity index is 1.46. The van der Waals surface area contributed by atoms with Crippen molar-refractivity contribution in [1.29, 1.82) is 0 Å². The molecular weight excluding hydrogens is 310 g/mol. The molecule has 1 unspecified atom stereocenters. The standard InChI is InChI=1S/C21H33N3O/c1-16-4-3-11-24(14-16)15-18-9-7-17(8-10-18)13-23-21(25)20-6-2-5-19(20)12-22/h7-10,16,19-20H,2-6,11-15,22H2,1H3,(H,23,25)/t16?,19-,20-/m1/s1. The van der Waals surface area contributed by atoms with Gasteiger partial charge >= 0.3 is 0 Å². The number of hydrogen-bond acceptors (Lipinski definition) is 3. The number of rotatable bonds is 6. The molecule has 0 radical (unpaired) electrons. The molecule has 1 heterocycles. The lowest BCUT2D eigenvalue weighted by Crippen LogP contribution is -2.34. The molecule has 1 amide bonds. The molecule has 0 spiro atoms. The van der Waals surface area contributed by atoms with Gasteiger partial charge in [-0.15, -0.1) is 0 Å². The molecule has 138 valence electrons. The fraction of sp³-hybridized carbons (Fsp3) is 0.667. The second kappa shape index (κ2) is 8.81. The molecule has 1 saturated carbocycles. The van der Waals surface area contributed by atoms with Crippen molar-refractivity contribution in [3.63, 3.8) is 0 Å². The highest BCUT2D eigenvalue weighted by Crippen LogP contribution is 2.31. The van der Waals surface area contributed by atoms with Crippen LogP contribution in [0.3, 0.4) is 0 Å². The lowest BCUT2D eigenvalue weighted by atomic mass is 9.95. The Morgan fingerprint density at radius 3 is 2.64 bits per heavy atom. The van der Waals surface area contributed by atoms with E-state index in [-0.39, 0.29) is 11.8 Å². The first kappa shape index (κ1) is 18.4. The lowest BCUT2D eigenvalue weighted by Gasteiger charge is -2.30. The summed E-state index contributed by atoms with van der Waals surface area (Å²) >= 11 is 0. The van der Waals surface area contributed by atoms with Crippen molar-refractivity contribution in [3.8, 4) is 0 Å². The molecule has 1 aliphatic heterocycles. The van der Waals surface area contributed by atoms with Gasteiger partial charge in [0, 0.05) is 25.6 Å². The Bertz CT molecular complexity index is 557. The molecule has 2 fully saturated rings. The predicted molar refractivity (Wildman–Crippen MR) is 102 cm³/mol. The Labute approximate surface area is 152 Å². The van der Waals surface area contributed by atoms with Crippen molar-refractivity contribution >= 4 is 5.91 Å². The molecule has 4 heteroatoms. The number of carbonyl (C=O) groups is 1. The molecule has 1 aromatic rings. The van der Waals surface area contributed by atoms with Crippen LogP contribution in [0.2, 0.25) is 0 Å². The molecule has 1 aromatic carbocycles. The maximum absolute atomic E-state index is 12.4. The third kappa shape index (κ3) is 5.05. The molecule has 2 aliphatic rings. The van der Waals surface area contributed by atoms with Crippen molar-refractivity contribution in [2.24, 2.45) is 23.5 Å². The second-order valence-electron chi connectivity index (χ2n) is 8.05. The molecular formula is C21H33N3O. The Hall–Kier alpha value is -1.39. The fourth-order valence-electron chi connectivity index (χ4n) is 4.44. The van der Waals surface area contributed by atoms with Crippen LogP contribution in [0.4, 0.5) is 0 Å². The third-order valence-corrected chi connectivity index (χ3v) is 5.94. The minimum Gasteiger partial charge on any atom is -0.352 e. The van der Waals surface area contributed by atoms with E-state index in [1.807, 2.05) is 0 Å². The number of nitrogens with one attached hydrogen (secondary N) is 1. The summed E-state index contributed by atoms with van der Waals surface area (Å²) in [6.45, 7) is 7.05. The minimum absolute atomic E-state index is 0.116. The van der Waals surface area contributed by atoms with Crippen LogP contribution in [0.5, 0.6) is 0 Å². The average molecular weight is 344 g/mol. The minimum atomic E-state index is 0.116. The van der Waals surface area contributed by atoms with E-state index < -0.39 is 0 Å². The van der Waals surface area contributed by atoms with E-state index in [0.717, 1.165) is 31.7 Å². The Morgan fingerprint density at radius 1 is 1.16 bits per heavy atom. The highest BCUT2D eigenvalue weighted by atomic mass is 16.1. The summed E-state index contributed by atoms with van der Waals surface area (Å²) in [4.78, 5) is 14.9. The smallest absolute Gasteiger partial charge is 0.223 e. The monoisotopic (exact) mass is 343 g/mol. The number of hydrogen-bond donors (Lipinski definition) is 2. The largest absolute Gasteiger partial charge is 0.352 e. The van der Waals surface area contributed by atoms with Crippen LogP contribution in [0.1, 0.15) is 50.2 Å². The summed E-state index contributed by atoms with van der Waals surface area (Å²) in [5.74, 6) is 1.48. The summed E-state index contributed by atoms with van der Waals surface area (Å²) in [5.41, 5.74) is 8.32. The van der Waals surface area contributed by atoms with Gasteiger partial charge in [0.25, 0.3) is 0 Å². The number of nitrogens with zero attached hydrogens (tertiary/aromatic N) is 1. The van der Waals surface area contributed by atoms with E-state index in [1.54, 1.807) is 0 Å². The fourth-order valence-corrected chi connectivity index (χ4v) is 4.44. The normalized spacial score (nSPS) is 27.4. The summed E-state index contributed by atoms with van der Waals surface area (Å²) < 4.78 is 0. The zero-order chi connectivity index (χ0) is 17.6. The van der Waals surface area contributed by atoms with Gasteiger partial charge in [-0.1, -0.05) is 37.6 Å². The van der Waals surface area contributed by atoms with Crippen LogP contribution in [0.15, 0.2) is 24.3 Å². The highest BCUT2D eigenvalue weighted by molar-refractivity contribution is 5.79. The number of piperidine rings is 1. The maximum Gasteiger partial charge on any atom is 0.223 e. The van der Waals surface area contributed by atoms with E-state index in [0.29, 0.717) is 19.0 Å². The molecule has 3 atom stereocenters. The third-order valence-electron chi connectivity index (χ3n) is 5.94. The maximum atomic E-state index is 12.4. The van der Waals surface area contributed by atoms with Gasteiger partial charge in [-0.3, -0.25) is 9.69 Å². The average Bonchev–Trinajstić information content (AvgIpc) is 3.10. The van der Waals surface area contributed by atoms with Crippen molar-refractivity contribution in [2.45, 2.75) is 52.1 Å². The van der Waals surface area contributed by atoms with Crippen LogP contribution >= 0.6 is 0 Å². The van der Waals surface area contributed by atoms with Gasteiger partial charge in [-0.25, -0.2) is 0 Å². The summed E-state index contributed by atoms with van der Waals surface area (Å²) in [6, 6.07) is 8.72. The van der Waals surface area contributed by atoms with Crippen molar-refractivity contribution in [3.05, 3.63) is 35.4 Å². The summed E-state index contributed by atoms with van der Waals surface area (Å²) in [6.07, 6.45) is 5.89. The van der Waals surface area contributed by atoms with Gasteiger partial charge in [0.1, 0.15) is 0 Å². The summed E-state index contributed by atoms with van der Waals surface area (Å²) in [7, 11) is 0. The highest BCUT2D eigenvalue weighted by Gasteiger charge is 2.31. The predicted octanol–water partition coefficient (Wildman–Crippen LogP) is 2.91. The Morgan fingerprint density at radius 2 is 1.92 bits per heavy atom. The van der Waals surface area contributed by atoms with Gasteiger partial charge in [0.05, 0.1) is 0 Å². The van der Waals surface area contributed by atoms with Crippen LogP contribution in [0.25, 0.3) is 0 Å². The molecule has 3 N–H and O–H groups in total. The van der Waals surface area contributed by atoms with Gasteiger partial charge in [0.2, 0.25) is 5.91 Å². The van der Waals surface area contributed by atoms with Crippen LogP contribution in [0, 0.1) is 17.8 Å². The van der Waals surface area contributed by atoms with E-state index in [2.05, 4.69) is 41.4 Å². The van der Waals surface area contributed by atoms with E-state index in [1.165, 1.54) is 37.1 Å². The Kier molecular flexibility index (Phi) is 6.49. The van der Waals surface area contributed by atoms with E-state index in [4.69, 9.17) is 5.73 Å². The molecule has 0 bridgehead atoms. The lowest BCUT2D eigenvalue weighted by molar-refractivity contribution is -0.126. The van der Waals surface area contributed by atoms with Gasteiger partial charge in [-0.2, -0.15) is 0 Å². The molecule has 3 rings (SSSR count). The van der Waals surface area contributed by atoms with E-state index in [9.17, 15) is 4.79 Å². The van der Waals surface area contributed by atoms with Crippen LogP contribution < -0.4 is 11.1 Å². The number of benzene rings is 1. The first-order valence-corrected chi connectivity index (χ1v) is 9.93. The molecule has 1 aliphatic carbocycles. The number of carbonyl (C=O) groups excluding carboxylic acids is 1. The molecule has 4 nitrogen and oxygen atoms in total. The van der Waals surface area contributed by atoms with Crippen LogP contribution in [-0.4, -0.2) is 30.4 Å².